The number of rotatable bonds is 4. The molecule has 2 aliphatic heterocycles. The van der Waals surface area contributed by atoms with Gasteiger partial charge < -0.3 is 16.0 Å². The van der Waals surface area contributed by atoms with Gasteiger partial charge in [0.25, 0.3) is 5.91 Å². The Labute approximate surface area is 173 Å². The lowest BCUT2D eigenvalue weighted by molar-refractivity contribution is 0.102. The van der Waals surface area contributed by atoms with Crippen LogP contribution in [-0.4, -0.2) is 32.1 Å². The summed E-state index contributed by atoms with van der Waals surface area (Å²) in [4.78, 5) is 12.9. The number of carbonyl (C=O) groups excluding carboxylic acids is 1. The lowest BCUT2D eigenvalue weighted by Gasteiger charge is -2.17. The Hall–Kier alpha value is -2.69. The first-order valence-electron chi connectivity index (χ1n) is 10.4. The smallest absolute Gasteiger partial charge is 0.255 e. The summed E-state index contributed by atoms with van der Waals surface area (Å²) in [6.45, 7) is 8.00. The highest BCUT2D eigenvalue weighted by atomic mass is 16.1. The highest BCUT2D eigenvalue weighted by Crippen LogP contribution is 2.27. The van der Waals surface area contributed by atoms with Crippen LogP contribution in [0.25, 0.3) is 11.1 Å². The minimum atomic E-state index is -0.0541. The molecule has 0 atom stereocenters. The Morgan fingerprint density at radius 2 is 1.59 bits per heavy atom. The van der Waals surface area contributed by atoms with Gasteiger partial charge in [0.05, 0.1) is 0 Å². The van der Waals surface area contributed by atoms with Crippen LogP contribution in [0.4, 0.5) is 5.69 Å². The minimum Gasteiger partial charge on any atom is -0.322 e. The summed E-state index contributed by atoms with van der Waals surface area (Å²) < 4.78 is 0. The second kappa shape index (κ2) is 8.76. The molecule has 150 valence electrons. The molecule has 0 aliphatic carbocycles. The van der Waals surface area contributed by atoms with Crippen molar-refractivity contribution in [3.05, 3.63) is 76.4 Å². The van der Waals surface area contributed by atoms with Crippen LogP contribution in [0, 0.1) is 13.8 Å². The fraction of sp³-hybridized carbons (Fsp3) is 0.320. The van der Waals surface area contributed by atoms with E-state index in [9.17, 15) is 4.79 Å². The van der Waals surface area contributed by atoms with Crippen LogP contribution in [-0.2, 0) is 0 Å². The van der Waals surface area contributed by atoms with Gasteiger partial charge in [0.2, 0.25) is 0 Å². The van der Waals surface area contributed by atoms with Crippen molar-refractivity contribution >= 4 is 22.7 Å². The third-order valence-electron chi connectivity index (χ3n) is 5.80. The summed E-state index contributed by atoms with van der Waals surface area (Å²) in [5.41, 5.74) is 9.01. The summed E-state index contributed by atoms with van der Waals surface area (Å²) in [5, 5.41) is 9.76. The van der Waals surface area contributed by atoms with Crippen LogP contribution < -0.4 is 16.0 Å². The fourth-order valence-corrected chi connectivity index (χ4v) is 4.17. The molecular weight excluding hydrogens is 358 g/mol. The van der Waals surface area contributed by atoms with Gasteiger partial charge in [0.15, 0.2) is 0 Å². The predicted molar refractivity (Wildman–Crippen MR) is 121 cm³/mol. The number of benzene rings is 2. The summed E-state index contributed by atoms with van der Waals surface area (Å²) in [6.07, 6.45) is 6.57. The molecule has 0 fully saturated rings. The van der Waals surface area contributed by atoms with Crippen LogP contribution in [0.15, 0.2) is 48.6 Å². The van der Waals surface area contributed by atoms with Crippen molar-refractivity contribution in [3.8, 4) is 0 Å². The SMILES string of the molecule is Cc1cc(C2=CCNCC2)ccc1C(=O)Nc1ccc(C2=CCNCC2)c(C)c1. The zero-order valence-electron chi connectivity index (χ0n) is 17.3. The van der Waals surface area contributed by atoms with Crippen molar-refractivity contribution in [3.63, 3.8) is 0 Å². The van der Waals surface area contributed by atoms with E-state index in [0.29, 0.717) is 0 Å². The summed E-state index contributed by atoms with van der Waals surface area (Å²) in [7, 11) is 0. The first kappa shape index (κ1) is 19.6. The second-order valence-electron chi connectivity index (χ2n) is 7.88. The van der Waals surface area contributed by atoms with E-state index in [-0.39, 0.29) is 5.91 Å². The molecule has 0 unspecified atom stereocenters. The van der Waals surface area contributed by atoms with Crippen LogP contribution in [0.5, 0.6) is 0 Å². The standard InChI is InChI=1S/C25H29N3O/c1-17-15-21(19-7-11-26-12-8-19)3-5-24(17)25(29)28-22-4-6-23(18(2)16-22)20-9-13-27-14-10-20/h3-7,9,15-16,26-27H,8,10-14H2,1-2H3,(H,28,29). The minimum absolute atomic E-state index is 0.0541. The normalized spacial score (nSPS) is 16.8. The lowest BCUT2D eigenvalue weighted by Crippen LogP contribution is -2.20. The Bertz CT molecular complexity index is 988. The van der Waals surface area contributed by atoms with E-state index in [4.69, 9.17) is 0 Å². The number of carbonyl (C=O) groups is 1. The van der Waals surface area contributed by atoms with Crippen molar-refractivity contribution in [1.82, 2.24) is 10.6 Å². The van der Waals surface area contributed by atoms with Gasteiger partial charge in [0, 0.05) is 24.3 Å². The number of aryl methyl sites for hydroxylation is 2. The van der Waals surface area contributed by atoms with Gasteiger partial charge in [-0.25, -0.2) is 0 Å². The van der Waals surface area contributed by atoms with Gasteiger partial charge >= 0.3 is 0 Å². The maximum atomic E-state index is 12.9. The maximum Gasteiger partial charge on any atom is 0.255 e. The number of anilines is 1. The van der Waals surface area contributed by atoms with Crippen LogP contribution in [0.2, 0.25) is 0 Å². The third-order valence-corrected chi connectivity index (χ3v) is 5.80. The van der Waals surface area contributed by atoms with E-state index in [1.54, 1.807) is 0 Å². The van der Waals surface area contributed by atoms with E-state index in [2.05, 4.69) is 59.3 Å². The Kier molecular flexibility index (Phi) is 5.93. The Morgan fingerprint density at radius 3 is 2.21 bits per heavy atom. The van der Waals surface area contributed by atoms with E-state index >= 15 is 0 Å². The Morgan fingerprint density at radius 1 is 0.862 bits per heavy atom. The molecule has 2 heterocycles. The molecule has 2 aromatic carbocycles. The molecule has 1 amide bonds. The highest BCUT2D eigenvalue weighted by Gasteiger charge is 2.14. The molecule has 0 radical (unpaired) electrons. The van der Waals surface area contributed by atoms with E-state index in [1.165, 1.54) is 27.8 Å². The first-order chi connectivity index (χ1) is 14.1. The molecule has 4 heteroatoms. The molecule has 29 heavy (non-hydrogen) atoms. The van der Waals surface area contributed by atoms with Crippen LogP contribution >= 0.6 is 0 Å². The zero-order chi connectivity index (χ0) is 20.2. The van der Waals surface area contributed by atoms with Gasteiger partial charge in [-0.1, -0.05) is 30.4 Å². The van der Waals surface area contributed by atoms with Gasteiger partial charge in [-0.3, -0.25) is 4.79 Å². The van der Waals surface area contributed by atoms with Crippen molar-refractivity contribution in [2.75, 3.05) is 31.5 Å². The molecule has 4 nitrogen and oxygen atoms in total. The fourth-order valence-electron chi connectivity index (χ4n) is 4.17. The molecule has 0 bridgehead atoms. The van der Waals surface area contributed by atoms with Crippen molar-refractivity contribution in [1.29, 1.82) is 0 Å². The molecule has 2 aliphatic rings. The topological polar surface area (TPSA) is 53.2 Å². The number of hydrogen-bond donors (Lipinski definition) is 3. The molecule has 0 saturated carbocycles. The maximum absolute atomic E-state index is 12.9. The Balaban J connectivity index is 1.50. The molecule has 0 aromatic heterocycles. The van der Waals surface area contributed by atoms with Crippen LogP contribution in [0.3, 0.4) is 0 Å². The van der Waals surface area contributed by atoms with Gasteiger partial charge in [-0.05, 0) is 91.4 Å². The quantitative estimate of drug-likeness (QED) is 0.733. The van der Waals surface area contributed by atoms with E-state index < -0.39 is 0 Å². The first-order valence-corrected chi connectivity index (χ1v) is 10.4. The van der Waals surface area contributed by atoms with Gasteiger partial charge in [0.1, 0.15) is 0 Å². The average Bonchev–Trinajstić information content (AvgIpc) is 2.75. The summed E-state index contributed by atoms with van der Waals surface area (Å²) in [5.74, 6) is -0.0541. The largest absolute Gasteiger partial charge is 0.322 e. The van der Waals surface area contributed by atoms with Gasteiger partial charge in [-0.2, -0.15) is 0 Å². The highest BCUT2D eigenvalue weighted by molar-refractivity contribution is 6.05. The van der Waals surface area contributed by atoms with E-state index in [0.717, 1.165) is 55.8 Å². The van der Waals surface area contributed by atoms with Crippen molar-refractivity contribution < 1.29 is 4.79 Å². The zero-order valence-corrected chi connectivity index (χ0v) is 17.3. The number of hydrogen-bond acceptors (Lipinski definition) is 3. The van der Waals surface area contributed by atoms with Crippen LogP contribution in [0.1, 0.15) is 45.5 Å². The van der Waals surface area contributed by atoms with Crippen molar-refractivity contribution in [2.24, 2.45) is 0 Å². The molecule has 2 aromatic rings. The molecule has 0 spiro atoms. The summed E-state index contributed by atoms with van der Waals surface area (Å²) in [6, 6.07) is 12.3. The molecule has 4 rings (SSSR count). The van der Waals surface area contributed by atoms with Gasteiger partial charge in [-0.15, -0.1) is 0 Å². The lowest BCUT2D eigenvalue weighted by atomic mass is 9.95. The van der Waals surface area contributed by atoms with Crippen molar-refractivity contribution in [2.45, 2.75) is 26.7 Å². The molecular formula is C25H29N3O. The monoisotopic (exact) mass is 387 g/mol. The molecule has 3 N–H and O–H groups in total. The second-order valence-corrected chi connectivity index (χ2v) is 7.88. The third kappa shape index (κ3) is 4.50. The molecule has 0 saturated heterocycles. The van der Waals surface area contributed by atoms with E-state index in [1.807, 2.05) is 19.1 Å². The predicted octanol–water partition coefficient (Wildman–Crippen LogP) is 4.31. The number of amides is 1. The summed E-state index contributed by atoms with van der Waals surface area (Å²) >= 11 is 0. The number of nitrogens with one attached hydrogen (secondary N) is 3. The average molecular weight is 388 g/mol.